The molecule has 0 saturated carbocycles. The number of halogens is 4. The zero-order valence-corrected chi connectivity index (χ0v) is 13.0. The van der Waals surface area contributed by atoms with Crippen molar-refractivity contribution in [3.05, 3.63) is 69.7 Å². The fraction of sp³-hybridized carbons (Fsp3) is 0.0667. The highest BCUT2D eigenvalue weighted by Crippen LogP contribution is 2.29. The van der Waals surface area contributed by atoms with Gasteiger partial charge in [0.1, 0.15) is 0 Å². The van der Waals surface area contributed by atoms with E-state index in [-0.39, 0.29) is 5.56 Å². The first-order valence-electron chi connectivity index (χ1n) is 6.31. The van der Waals surface area contributed by atoms with Crippen LogP contribution in [0.1, 0.15) is 26.3 Å². The average molecular weight is 387 g/mol. The van der Waals surface area contributed by atoms with E-state index in [9.17, 15) is 22.8 Å². The second-order valence-electron chi connectivity index (χ2n) is 4.49. The van der Waals surface area contributed by atoms with Gasteiger partial charge in [-0.25, -0.2) is 0 Å². The zero-order valence-electron chi connectivity index (χ0n) is 11.4. The van der Waals surface area contributed by atoms with Crippen molar-refractivity contribution in [2.45, 2.75) is 6.18 Å². The fourth-order valence-electron chi connectivity index (χ4n) is 1.67. The van der Waals surface area contributed by atoms with Crippen LogP contribution in [-0.4, -0.2) is 11.8 Å². The molecule has 0 aliphatic heterocycles. The molecule has 0 unspecified atom stereocenters. The Kier molecular flexibility index (Phi) is 5.05. The van der Waals surface area contributed by atoms with Crippen molar-refractivity contribution in [1.29, 1.82) is 0 Å². The summed E-state index contributed by atoms with van der Waals surface area (Å²) in [6.07, 6.45) is -4.47. The third-order valence-electron chi connectivity index (χ3n) is 2.87. The quantitative estimate of drug-likeness (QED) is 0.775. The summed E-state index contributed by atoms with van der Waals surface area (Å²) in [4.78, 5) is 23.6. The molecule has 0 aliphatic rings. The van der Waals surface area contributed by atoms with E-state index >= 15 is 0 Å². The molecule has 0 spiro atoms. The molecule has 0 bridgehead atoms. The lowest BCUT2D eigenvalue weighted by molar-refractivity contribution is -0.137. The molecular formula is C15H10BrF3N2O2. The Hall–Kier alpha value is -2.35. The summed E-state index contributed by atoms with van der Waals surface area (Å²) in [6.45, 7) is 0. The molecule has 2 aromatic rings. The number of hydrogen-bond donors (Lipinski definition) is 2. The highest BCUT2D eigenvalue weighted by Gasteiger charge is 2.30. The van der Waals surface area contributed by atoms with Gasteiger partial charge in [0.15, 0.2) is 0 Å². The van der Waals surface area contributed by atoms with Crippen LogP contribution in [0.2, 0.25) is 0 Å². The van der Waals surface area contributed by atoms with E-state index in [0.717, 1.165) is 28.7 Å². The van der Waals surface area contributed by atoms with E-state index in [2.05, 4.69) is 26.8 Å². The Labute approximate surface area is 137 Å². The van der Waals surface area contributed by atoms with Crippen molar-refractivity contribution in [2.24, 2.45) is 0 Å². The smallest absolute Gasteiger partial charge is 0.267 e. The summed E-state index contributed by atoms with van der Waals surface area (Å²) in [7, 11) is 0. The molecule has 0 atom stereocenters. The van der Waals surface area contributed by atoms with Crippen molar-refractivity contribution in [3.63, 3.8) is 0 Å². The van der Waals surface area contributed by atoms with Crippen LogP contribution in [0.4, 0.5) is 13.2 Å². The standard InChI is InChI=1S/C15H10BrF3N2O2/c16-12-7-3-10(4-8-12)14(23)21-20-13(22)9-1-5-11(6-2-9)15(17,18)19/h1-8H,(H,20,22)(H,21,23). The topological polar surface area (TPSA) is 58.2 Å². The van der Waals surface area contributed by atoms with Gasteiger partial charge in [0.05, 0.1) is 5.56 Å². The first-order valence-corrected chi connectivity index (χ1v) is 7.10. The average Bonchev–Trinajstić information content (AvgIpc) is 2.52. The van der Waals surface area contributed by atoms with E-state index in [1.165, 1.54) is 0 Å². The third-order valence-corrected chi connectivity index (χ3v) is 3.40. The predicted octanol–water partition coefficient (Wildman–Crippen LogP) is 3.54. The van der Waals surface area contributed by atoms with Gasteiger partial charge in [-0.05, 0) is 48.5 Å². The molecule has 0 fully saturated rings. The molecule has 2 amide bonds. The highest BCUT2D eigenvalue weighted by atomic mass is 79.9. The Morgan fingerprint density at radius 2 is 1.17 bits per heavy atom. The zero-order chi connectivity index (χ0) is 17.0. The minimum absolute atomic E-state index is 0.00546. The molecule has 8 heteroatoms. The van der Waals surface area contributed by atoms with Crippen LogP contribution in [0, 0.1) is 0 Å². The van der Waals surface area contributed by atoms with Gasteiger partial charge < -0.3 is 0 Å². The molecule has 0 saturated heterocycles. The van der Waals surface area contributed by atoms with Gasteiger partial charge in [0.25, 0.3) is 11.8 Å². The Balaban J connectivity index is 1.97. The molecule has 0 heterocycles. The van der Waals surface area contributed by atoms with Crippen LogP contribution in [0.15, 0.2) is 53.0 Å². The van der Waals surface area contributed by atoms with Gasteiger partial charge >= 0.3 is 6.18 Å². The summed E-state index contributed by atoms with van der Waals surface area (Å²) < 4.78 is 38.1. The van der Waals surface area contributed by atoms with E-state index in [0.29, 0.717) is 5.56 Å². The molecule has 120 valence electrons. The number of alkyl halides is 3. The van der Waals surface area contributed by atoms with E-state index in [4.69, 9.17) is 0 Å². The lowest BCUT2D eigenvalue weighted by Gasteiger charge is -2.09. The molecule has 0 radical (unpaired) electrons. The van der Waals surface area contributed by atoms with Gasteiger partial charge in [0, 0.05) is 15.6 Å². The second kappa shape index (κ2) is 6.82. The molecule has 4 nitrogen and oxygen atoms in total. The van der Waals surface area contributed by atoms with Crippen LogP contribution >= 0.6 is 15.9 Å². The molecular weight excluding hydrogens is 377 g/mol. The number of carbonyl (C=O) groups excluding carboxylic acids is 2. The van der Waals surface area contributed by atoms with Crippen LogP contribution < -0.4 is 10.9 Å². The summed E-state index contributed by atoms with van der Waals surface area (Å²) >= 11 is 3.23. The maximum absolute atomic E-state index is 12.4. The minimum Gasteiger partial charge on any atom is -0.267 e. The van der Waals surface area contributed by atoms with E-state index < -0.39 is 23.6 Å². The maximum Gasteiger partial charge on any atom is 0.416 e. The van der Waals surface area contributed by atoms with Crippen molar-refractivity contribution < 1.29 is 22.8 Å². The number of hydrogen-bond acceptors (Lipinski definition) is 2. The molecule has 2 rings (SSSR count). The van der Waals surface area contributed by atoms with Gasteiger partial charge in [0.2, 0.25) is 0 Å². The number of rotatable bonds is 2. The number of nitrogens with one attached hydrogen (secondary N) is 2. The van der Waals surface area contributed by atoms with Gasteiger partial charge in [-0.15, -0.1) is 0 Å². The largest absolute Gasteiger partial charge is 0.416 e. The molecule has 2 aromatic carbocycles. The monoisotopic (exact) mass is 386 g/mol. The van der Waals surface area contributed by atoms with Crippen molar-refractivity contribution in [2.75, 3.05) is 0 Å². The molecule has 0 aliphatic carbocycles. The second-order valence-corrected chi connectivity index (χ2v) is 5.41. The summed E-state index contributed by atoms with van der Waals surface area (Å²) in [5.74, 6) is -1.26. The normalized spacial score (nSPS) is 11.0. The number of hydrazine groups is 1. The van der Waals surface area contributed by atoms with Crippen LogP contribution in [0.3, 0.4) is 0 Å². The molecule has 2 N–H and O–H groups in total. The van der Waals surface area contributed by atoms with E-state index in [1.54, 1.807) is 24.3 Å². The maximum atomic E-state index is 12.4. The Bertz CT molecular complexity index is 713. The highest BCUT2D eigenvalue weighted by molar-refractivity contribution is 9.10. The molecule has 23 heavy (non-hydrogen) atoms. The Morgan fingerprint density at radius 3 is 1.57 bits per heavy atom. The van der Waals surface area contributed by atoms with Crippen molar-refractivity contribution in [3.8, 4) is 0 Å². The SMILES string of the molecule is O=C(NNC(=O)c1ccc(C(F)(F)F)cc1)c1ccc(Br)cc1. The van der Waals surface area contributed by atoms with E-state index in [1.807, 2.05) is 0 Å². The van der Waals surface area contributed by atoms with Crippen LogP contribution in [0.5, 0.6) is 0 Å². The Morgan fingerprint density at radius 1 is 0.783 bits per heavy atom. The van der Waals surface area contributed by atoms with Crippen molar-refractivity contribution in [1.82, 2.24) is 10.9 Å². The lowest BCUT2D eigenvalue weighted by atomic mass is 10.1. The summed E-state index contributed by atoms with van der Waals surface area (Å²) in [5, 5.41) is 0. The van der Waals surface area contributed by atoms with Gasteiger partial charge in [-0.1, -0.05) is 15.9 Å². The first kappa shape index (κ1) is 17.0. The predicted molar refractivity (Wildman–Crippen MR) is 80.5 cm³/mol. The van der Waals surface area contributed by atoms with Crippen molar-refractivity contribution >= 4 is 27.7 Å². The van der Waals surface area contributed by atoms with Gasteiger partial charge in [-0.2, -0.15) is 13.2 Å². The third kappa shape index (κ3) is 4.56. The fourth-order valence-corrected chi connectivity index (χ4v) is 1.93. The van der Waals surface area contributed by atoms with Crippen LogP contribution in [-0.2, 0) is 6.18 Å². The number of amides is 2. The summed E-state index contributed by atoms with van der Waals surface area (Å²) in [6, 6.07) is 10.1. The van der Waals surface area contributed by atoms with Crippen LogP contribution in [0.25, 0.3) is 0 Å². The van der Waals surface area contributed by atoms with Gasteiger partial charge in [-0.3, -0.25) is 20.4 Å². The number of carbonyl (C=O) groups is 2. The minimum atomic E-state index is -4.47. The molecule has 0 aromatic heterocycles. The lowest BCUT2D eigenvalue weighted by Crippen LogP contribution is -2.41. The number of benzene rings is 2. The first-order chi connectivity index (χ1) is 10.8. The summed E-state index contributed by atoms with van der Waals surface area (Å²) in [5.41, 5.74) is 3.79.